The maximum Gasteiger partial charge on any atom is 0.219 e. The molecule has 2 N–H and O–H groups in total. The van der Waals surface area contributed by atoms with Gasteiger partial charge in [0.25, 0.3) is 0 Å². The summed E-state index contributed by atoms with van der Waals surface area (Å²) in [6, 6.07) is 0. The van der Waals surface area contributed by atoms with E-state index < -0.39 is 0 Å². The van der Waals surface area contributed by atoms with Crippen molar-refractivity contribution in [3.63, 3.8) is 0 Å². The molecule has 0 spiro atoms. The van der Waals surface area contributed by atoms with Gasteiger partial charge >= 0.3 is 0 Å². The number of nitrogens with zero attached hydrogens (tertiary/aromatic N) is 3. The normalized spacial score (nSPS) is 16.1. The minimum absolute atomic E-state index is 0.180. The second-order valence-corrected chi connectivity index (χ2v) is 4.64. The Morgan fingerprint density at radius 3 is 2.16 bits per heavy atom. The van der Waals surface area contributed by atoms with E-state index in [0.29, 0.717) is 0 Å². The van der Waals surface area contributed by atoms with Crippen LogP contribution in [0.15, 0.2) is 4.99 Å². The van der Waals surface area contributed by atoms with Gasteiger partial charge in [-0.25, -0.2) is 0 Å². The standard InChI is InChI=1S/C13H27N5O/c1-4-14-13(15-5-2)16-6-7-17-8-10-18(11-9-17)12(3)19/h4-11H2,1-3H3,(H2,14,15,16). The van der Waals surface area contributed by atoms with Crippen molar-refractivity contribution in [1.82, 2.24) is 20.4 Å². The second kappa shape index (κ2) is 8.74. The minimum Gasteiger partial charge on any atom is -0.357 e. The Morgan fingerprint density at radius 2 is 1.68 bits per heavy atom. The van der Waals surface area contributed by atoms with E-state index >= 15 is 0 Å². The predicted molar refractivity (Wildman–Crippen MR) is 78.3 cm³/mol. The average Bonchev–Trinajstić information content (AvgIpc) is 2.40. The van der Waals surface area contributed by atoms with Crippen LogP contribution in [-0.4, -0.2) is 74.0 Å². The molecule has 6 heteroatoms. The van der Waals surface area contributed by atoms with E-state index in [-0.39, 0.29) is 5.91 Å². The zero-order valence-electron chi connectivity index (χ0n) is 12.4. The van der Waals surface area contributed by atoms with Gasteiger partial charge in [-0.05, 0) is 13.8 Å². The molecule has 1 fully saturated rings. The van der Waals surface area contributed by atoms with Gasteiger partial charge in [0.2, 0.25) is 5.91 Å². The third-order valence-corrected chi connectivity index (χ3v) is 3.19. The number of aliphatic imine (C=N–C) groups is 1. The summed E-state index contributed by atoms with van der Waals surface area (Å²) in [5.41, 5.74) is 0. The smallest absolute Gasteiger partial charge is 0.219 e. The first kappa shape index (κ1) is 15.8. The molecule has 1 saturated heterocycles. The molecule has 0 radical (unpaired) electrons. The number of hydrogen-bond acceptors (Lipinski definition) is 3. The summed E-state index contributed by atoms with van der Waals surface area (Å²) in [5, 5.41) is 6.42. The molecule has 0 unspecified atom stereocenters. The number of rotatable bonds is 5. The van der Waals surface area contributed by atoms with E-state index in [9.17, 15) is 4.79 Å². The summed E-state index contributed by atoms with van der Waals surface area (Å²) in [6.07, 6.45) is 0. The van der Waals surface area contributed by atoms with Crippen molar-refractivity contribution in [2.75, 3.05) is 52.4 Å². The molecule has 0 aromatic heterocycles. The lowest BCUT2D eigenvalue weighted by molar-refractivity contribution is -0.130. The molecule has 19 heavy (non-hydrogen) atoms. The Morgan fingerprint density at radius 1 is 1.11 bits per heavy atom. The second-order valence-electron chi connectivity index (χ2n) is 4.64. The van der Waals surface area contributed by atoms with Crippen molar-refractivity contribution >= 4 is 11.9 Å². The van der Waals surface area contributed by atoms with Crippen molar-refractivity contribution in [3.05, 3.63) is 0 Å². The van der Waals surface area contributed by atoms with Gasteiger partial charge in [0.1, 0.15) is 0 Å². The SMILES string of the molecule is CCNC(=NCCN1CCN(C(C)=O)CC1)NCC. The Hall–Kier alpha value is -1.30. The summed E-state index contributed by atoms with van der Waals surface area (Å²) in [6.45, 7) is 12.8. The van der Waals surface area contributed by atoms with E-state index in [1.54, 1.807) is 6.92 Å². The van der Waals surface area contributed by atoms with Crippen LogP contribution in [0.5, 0.6) is 0 Å². The first-order valence-corrected chi connectivity index (χ1v) is 7.17. The molecular formula is C13H27N5O. The molecule has 1 amide bonds. The minimum atomic E-state index is 0.180. The molecule has 0 bridgehead atoms. The van der Waals surface area contributed by atoms with E-state index in [4.69, 9.17) is 0 Å². The third-order valence-electron chi connectivity index (χ3n) is 3.19. The van der Waals surface area contributed by atoms with Crippen LogP contribution in [-0.2, 0) is 4.79 Å². The summed E-state index contributed by atoms with van der Waals surface area (Å²) >= 11 is 0. The van der Waals surface area contributed by atoms with Crippen LogP contribution < -0.4 is 10.6 Å². The Balaban J connectivity index is 2.25. The highest BCUT2D eigenvalue weighted by Crippen LogP contribution is 2.01. The zero-order valence-corrected chi connectivity index (χ0v) is 12.4. The van der Waals surface area contributed by atoms with Crippen LogP contribution in [0.3, 0.4) is 0 Å². The maximum atomic E-state index is 11.2. The molecule has 6 nitrogen and oxygen atoms in total. The number of hydrogen-bond donors (Lipinski definition) is 2. The van der Waals surface area contributed by atoms with Crippen LogP contribution in [0.2, 0.25) is 0 Å². The number of guanidine groups is 1. The molecule has 0 atom stereocenters. The number of carbonyl (C=O) groups excluding carboxylic acids is 1. The highest BCUT2D eigenvalue weighted by atomic mass is 16.2. The number of amides is 1. The van der Waals surface area contributed by atoms with Crippen molar-refractivity contribution < 1.29 is 4.79 Å². The molecule has 0 aliphatic carbocycles. The first-order valence-electron chi connectivity index (χ1n) is 7.17. The maximum absolute atomic E-state index is 11.2. The topological polar surface area (TPSA) is 60.0 Å². The van der Waals surface area contributed by atoms with Crippen molar-refractivity contribution in [1.29, 1.82) is 0 Å². The molecule has 0 aromatic rings. The quantitative estimate of drug-likeness (QED) is 0.533. The predicted octanol–water partition coefficient (Wildman–Crippen LogP) is -0.274. The lowest BCUT2D eigenvalue weighted by Gasteiger charge is -2.33. The van der Waals surface area contributed by atoms with Gasteiger partial charge < -0.3 is 15.5 Å². The molecule has 1 aliphatic heterocycles. The fourth-order valence-corrected chi connectivity index (χ4v) is 2.10. The molecule has 0 saturated carbocycles. The Kier molecular flexibility index (Phi) is 7.25. The lowest BCUT2D eigenvalue weighted by atomic mass is 10.3. The van der Waals surface area contributed by atoms with Gasteiger partial charge in [-0.3, -0.25) is 14.7 Å². The molecular weight excluding hydrogens is 242 g/mol. The van der Waals surface area contributed by atoms with Crippen molar-refractivity contribution in [2.24, 2.45) is 4.99 Å². The van der Waals surface area contributed by atoms with Crippen LogP contribution in [0.1, 0.15) is 20.8 Å². The molecule has 1 aliphatic rings. The average molecular weight is 269 g/mol. The van der Waals surface area contributed by atoms with Gasteiger partial charge in [0, 0.05) is 52.7 Å². The molecule has 110 valence electrons. The third kappa shape index (κ3) is 5.92. The Labute approximate surface area is 116 Å². The monoisotopic (exact) mass is 269 g/mol. The van der Waals surface area contributed by atoms with Crippen LogP contribution in [0, 0.1) is 0 Å². The van der Waals surface area contributed by atoms with Gasteiger partial charge in [-0.15, -0.1) is 0 Å². The summed E-state index contributed by atoms with van der Waals surface area (Å²) in [4.78, 5) is 20.0. The van der Waals surface area contributed by atoms with E-state index in [1.807, 2.05) is 4.90 Å². The van der Waals surface area contributed by atoms with Gasteiger partial charge in [-0.1, -0.05) is 0 Å². The summed E-state index contributed by atoms with van der Waals surface area (Å²) in [5.74, 6) is 1.06. The van der Waals surface area contributed by atoms with Crippen LogP contribution in [0.4, 0.5) is 0 Å². The zero-order chi connectivity index (χ0) is 14.1. The van der Waals surface area contributed by atoms with Crippen molar-refractivity contribution in [3.8, 4) is 0 Å². The fraction of sp³-hybridized carbons (Fsp3) is 0.846. The molecule has 1 heterocycles. The largest absolute Gasteiger partial charge is 0.357 e. The fourth-order valence-electron chi connectivity index (χ4n) is 2.10. The number of carbonyl (C=O) groups is 1. The summed E-state index contributed by atoms with van der Waals surface area (Å²) in [7, 11) is 0. The summed E-state index contributed by atoms with van der Waals surface area (Å²) < 4.78 is 0. The molecule has 1 rings (SSSR count). The first-order chi connectivity index (χ1) is 9.17. The van der Waals surface area contributed by atoms with E-state index in [2.05, 4.69) is 34.4 Å². The number of piperazine rings is 1. The lowest BCUT2D eigenvalue weighted by Crippen LogP contribution is -2.48. The highest BCUT2D eigenvalue weighted by molar-refractivity contribution is 5.79. The van der Waals surface area contributed by atoms with Gasteiger partial charge in [0.15, 0.2) is 5.96 Å². The highest BCUT2D eigenvalue weighted by Gasteiger charge is 2.17. The van der Waals surface area contributed by atoms with Crippen LogP contribution in [0.25, 0.3) is 0 Å². The van der Waals surface area contributed by atoms with Gasteiger partial charge in [0.05, 0.1) is 6.54 Å². The van der Waals surface area contributed by atoms with E-state index in [0.717, 1.165) is 58.3 Å². The van der Waals surface area contributed by atoms with Crippen LogP contribution >= 0.6 is 0 Å². The Bertz CT molecular complexity index is 289. The van der Waals surface area contributed by atoms with E-state index in [1.165, 1.54) is 0 Å². The van der Waals surface area contributed by atoms with Gasteiger partial charge in [-0.2, -0.15) is 0 Å². The molecule has 0 aromatic carbocycles. The number of nitrogens with one attached hydrogen (secondary N) is 2. The van der Waals surface area contributed by atoms with Crippen molar-refractivity contribution in [2.45, 2.75) is 20.8 Å².